The van der Waals surface area contributed by atoms with Gasteiger partial charge in [0.2, 0.25) is 17.7 Å². The standard InChI is InChI=1S/C24H26N6O4S/c1-3-21(31)30-10-12-33-15-24(30,22(25)32)9-11-34-20-13-19(27-16(2)28-20)29-23-26-14-18(35-23)17-7-5-4-6-8-17/h3-8,13-14H,1,9-12,15H2,2H3,(H2,25,32)(H,26,27,28,29). The van der Waals surface area contributed by atoms with Gasteiger partial charge in [-0.25, -0.2) is 9.97 Å². The maximum atomic E-state index is 12.4. The molecule has 0 aliphatic carbocycles. The molecule has 2 amide bonds. The SMILES string of the molecule is C=CC(=O)N1CCOCC1(CCOc1cc(Nc2ncc(-c3ccccc3)s2)nc(C)n1)C(N)=O. The highest BCUT2D eigenvalue weighted by atomic mass is 32.1. The average Bonchev–Trinajstić information content (AvgIpc) is 3.32. The van der Waals surface area contributed by atoms with E-state index in [4.69, 9.17) is 15.2 Å². The second kappa shape index (κ2) is 10.6. The van der Waals surface area contributed by atoms with Crippen molar-refractivity contribution < 1.29 is 19.1 Å². The summed E-state index contributed by atoms with van der Waals surface area (Å²) in [5.74, 6) is 0.303. The molecule has 0 bridgehead atoms. The Kier molecular flexibility index (Phi) is 7.37. The van der Waals surface area contributed by atoms with Gasteiger partial charge in [0.1, 0.15) is 17.2 Å². The maximum absolute atomic E-state index is 12.4. The van der Waals surface area contributed by atoms with Crippen molar-refractivity contribution in [2.24, 2.45) is 5.73 Å². The molecule has 4 rings (SSSR count). The van der Waals surface area contributed by atoms with Crippen LogP contribution in [0.25, 0.3) is 10.4 Å². The number of aromatic nitrogens is 3. The second-order valence-corrected chi connectivity index (χ2v) is 8.93. The number of benzene rings is 1. The van der Waals surface area contributed by atoms with Crippen molar-refractivity contribution in [3.63, 3.8) is 0 Å². The summed E-state index contributed by atoms with van der Waals surface area (Å²) in [7, 11) is 0. The van der Waals surface area contributed by atoms with E-state index in [0.717, 1.165) is 16.5 Å². The number of thiazole rings is 1. The monoisotopic (exact) mass is 494 g/mol. The number of nitrogens with zero attached hydrogens (tertiary/aromatic N) is 4. The van der Waals surface area contributed by atoms with Crippen LogP contribution in [0.5, 0.6) is 5.88 Å². The first-order valence-electron chi connectivity index (χ1n) is 11.0. The molecule has 35 heavy (non-hydrogen) atoms. The molecule has 3 aromatic rings. The number of aryl methyl sites for hydroxylation is 1. The topological polar surface area (TPSA) is 133 Å². The highest BCUT2D eigenvalue weighted by Crippen LogP contribution is 2.31. The summed E-state index contributed by atoms with van der Waals surface area (Å²) in [6.45, 7) is 5.90. The van der Waals surface area contributed by atoms with E-state index in [9.17, 15) is 9.59 Å². The van der Waals surface area contributed by atoms with Gasteiger partial charge >= 0.3 is 0 Å². The van der Waals surface area contributed by atoms with E-state index >= 15 is 0 Å². The van der Waals surface area contributed by atoms with Crippen molar-refractivity contribution in [2.45, 2.75) is 18.9 Å². The van der Waals surface area contributed by atoms with Crippen molar-refractivity contribution in [3.8, 4) is 16.3 Å². The Morgan fingerprint density at radius 1 is 1.34 bits per heavy atom. The fourth-order valence-corrected chi connectivity index (χ4v) is 4.66. The highest BCUT2D eigenvalue weighted by Gasteiger charge is 2.46. The number of morpholine rings is 1. The molecule has 0 spiro atoms. The molecule has 1 aromatic carbocycles. The summed E-state index contributed by atoms with van der Waals surface area (Å²) in [4.78, 5) is 40.3. The molecule has 1 atom stereocenters. The Hall–Kier alpha value is -3.83. The average molecular weight is 495 g/mol. The quantitative estimate of drug-likeness (QED) is 0.434. The predicted octanol–water partition coefficient (Wildman–Crippen LogP) is 2.69. The first-order chi connectivity index (χ1) is 16.9. The minimum atomic E-state index is -1.32. The lowest BCUT2D eigenvalue weighted by Crippen LogP contribution is -2.65. The van der Waals surface area contributed by atoms with Gasteiger partial charge in [0.25, 0.3) is 0 Å². The van der Waals surface area contributed by atoms with Gasteiger partial charge in [0, 0.05) is 25.2 Å². The molecular weight excluding hydrogens is 468 g/mol. The van der Waals surface area contributed by atoms with Crippen LogP contribution in [-0.2, 0) is 14.3 Å². The Labute approximate surface area is 206 Å². The Bertz CT molecular complexity index is 1220. The fourth-order valence-electron chi connectivity index (χ4n) is 3.83. The van der Waals surface area contributed by atoms with Crippen LogP contribution in [0.15, 0.2) is 55.3 Å². The van der Waals surface area contributed by atoms with Crippen molar-refractivity contribution in [1.29, 1.82) is 0 Å². The van der Waals surface area contributed by atoms with E-state index in [0.29, 0.717) is 29.3 Å². The van der Waals surface area contributed by atoms with Gasteiger partial charge in [0.15, 0.2) is 5.13 Å². The Balaban J connectivity index is 1.44. The van der Waals surface area contributed by atoms with Crippen LogP contribution in [0.3, 0.4) is 0 Å². The Morgan fingerprint density at radius 2 is 2.14 bits per heavy atom. The lowest BCUT2D eigenvalue weighted by atomic mass is 9.91. The number of amides is 2. The van der Waals surface area contributed by atoms with Crippen molar-refractivity contribution in [3.05, 3.63) is 61.1 Å². The number of primary amides is 1. The van der Waals surface area contributed by atoms with Crippen LogP contribution in [0.1, 0.15) is 12.2 Å². The zero-order valence-electron chi connectivity index (χ0n) is 19.3. The second-order valence-electron chi connectivity index (χ2n) is 7.90. The van der Waals surface area contributed by atoms with E-state index in [2.05, 4.69) is 26.8 Å². The smallest absolute Gasteiger partial charge is 0.247 e. The van der Waals surface area contributed by atoms with Crippen molar-refractivity contribution in [1.82, 2.24) is 19.9 Å². The summed E-state index contributed by atoms with van der Waals surface area (Å²) in [5, 5.41) is 3.87. The predicted molar refractivity (Wildman–Crippen MR) is 132 cm³/mol. The van der Waals surface area contributed by atoms with Gasteiger partial charge in [-0.2, -0.15) is 4.98 Å². The third-order valence-electron chi connectivity index (χ3n) is 5.60. The summed E-state index contributed by atoms with van der Waals surface area (Å²) in [5.41, 5.74) is 5.46. The van der Waals surface area contributed by atoms with Crippen LogP contribution in [0, 0.1) is 6.92 Å². The van der Waals surface area contributed by atoms with E-state index in [-0.39, 0.29) is 32.1 Å². The summed E-state index contributed by atoms with van der Waals surface area (Å²) < 4.78 is 11.3. The van der Waals surface area contributed by atoms with Crippen LogP contribution in [0.2, 0.25) is 0 Å². The number of hydrogen-bond acceptors (Lipinski definition) is 9. The fraction of sp³-hybridized carbons (Fsp3) is 0.292. The molecule has 10 nitrogen and oxygen atoms in total. The maximum Gasteiger partial charge on any atom is 0.247 e. The van der Waals surface area contributed by atoms with Crippen LogP contribution in [-0.4, -0.2) is 63.6 Å². The molecule has 3 N–H and O–H groups in total. The first-order valence-corrected chi connectivity index (χ1v) is 11.8. The minimum Gasteiger partial charge on any atom is -0.477 e. The van der Waals surface area contributed by atoms with Crippen LogP contribution < -0.4 is 15.8 Å². The zero-order chi connectivity index (χ0) is 24.8. The lowest BCUT2D eigenvalue weighted by molar-refractivity contribution is -0.157. The van der Waals surface area contributed by atoms with Gasteiger partial charge < -0.3 is 25.4 Å². The summed E-state index contributed by atoms with van der Waals surface area (Å²) >= 11 is 1.50. The van der Waals surface area contributed by atoms with E-state index in [1.165, 1.54) is 16.2 Å². The molecule has 1 aliphatic rings. The van der Waals surface area contributed by atoms with E-state index in [1.54, 1.807) is 19.2 Å². The lowest BCUT2D eigenvalue weighted by Gasteiger charge is -2.44. The largest absolute Gasteiger partial charge is 0.477 e. The molecule has 11 heteroatoms. The first kappa shape index (κ1) is 24.3. The van der Waals surface area contributed by atoms with Crippen LogP contribution in [0.4, 0.5) is 10.9 Å². The highest BCUT2D eigenvalue weighted by molar-refractivity contribution is 7.18. The Morgan fingerprint density at radius 3 is 2.89 bits per heavy atom. The normalized spacial score (nSPS) is 17.6. The number of rotatable bonds is 9. The molecule has 3 heterocycles. The molecule has 2 aromatic heterocycles. The molecule has 1 unspecified atom stereocenters. The number of hydrogen-bond donors (Lipinski definition) is 2. The van der Waals surface area contributed by atoms with E-state index in [1.807, 2.05) is 30.3 Å². The van der Waals surface area contributed by atoms with Gasteiger partial charge in [-0.15, -0.1) is 0 Å². The molecular formula is C24H26N6O4S. The van der Waals surface area contributed by atoms with Crippen molar-refractivity contribution >= 4 is 34.1 Å². The van der Waals surface area contributed by atoms with Gasteiger partial charge in [-0.1, -0.05) is 48.2 Å². The number of nitrogens with one attached hydrogen (secondary N) is 1. The number of nitrogens with two attached hydrogens (primary N) is 1. The number of anilines is 2. The third-order valence-corrected chi connectivity index (χ3v) is 6.56. The molecule has 1 fully saturated rings. The molecule has 0 saturated carbocycles. The van der Waals surface area contributed by atoms with Gasteiger partial charge in [-0.3, -0.25) is 9.59 Å². The number of ether oxygens (including phenoxy) is 2. The number of carbonyl (C=O) groups excluding carboxylic acids is 2. The number of carbonyl (C=O) groups is 2. The van der Waals surface area contributed by atoms with E-state index < -0.39 is 11.4 Å². The summed E-state index contributed by atoms with van der Waals surface area (Å²) in [6.07, 6.45) is 3.11. The summed E-state index contributed by atoms with van der Waals surface area (Å²) in [6, 6.07) is 11.6. The zero-order valence-corrected chi connectivity index (χ0v) is 20.1. The molecule has 182 valence electrons. The van der Waals surface area contributed by atoms with Crippen LogP contribution >= 0.6 is 11.3 Å². The minimum absolute atomic E-state index is 0.00528. The molecule has 1 aliphatic heterocycles. The van der Waals surface area contributed by atoms with Gasteiger partial charge in [0.05, 0.1) is 24.7 Å². The third kappa shape index (κ3) is 5.47. The van der Waals surface area contributed by atoms with Gasteiger partial charge in [-0.05, 0) is 18.6 Å². The molecule has 1 saturated heterocycles. The molecule has 0 radical (unpaired) electrons. The van der Waals surface area contributed by atoms with Crippen molar-refractivity contribution in [2.75, 3.05) is 31.7 Å².